The fourth-order valence-electron chi connectivity index (χ4n) is 2.14. The van der Waals surface area contributed by atoms with Gasteiger partial charge in [-0.2, -0.15) is 0 Å². The number of para-hydroxylation sites is 1. The van der Waals surface area contributed by atoms with E-state index in [1.165, 1.54) is 0 Å². The van der Waals surface area contributed by atoms with Crippen LogP contribution in [0.2, 0.25) is 10.3 Å². The van der Waals surface area contributed by atoms with Gasteiger partial charge in [-0.05, 0) is 18.2 Å². The summed E-state index contributed by atoms with van der Waals surface area (Å²) in [5.74, 6) is 0. The van der Waals surface area contributed by atoms with Crippen LogP contribution < -0.4 is 5.43 Å². The summed E-state index contributed by atoms with van der Waals surface area (Å²) < 4.78 is 1.97. The van der Waals surface area contributed by atoms with Crippen molar-refractivity contribution >= 4 is 34.1 Å². The third kappa shape index (κ3) is 2.42. The number of fused-ring (bicyclic) bond motifs is 1. The summed E-state index contributed by atoms with van der Waals surface area (Å²) >= 11 is 11.9. The molecule has 5 heteroatoms. The fraction of sp³-hybridized carbons (Fsp3) is 0.0667. The molecule has 0 aliphatic carbocycles. The molecule has 0 fully saturated rings. The third-order valence-electron chi connectivity index (χ3n) is 3.12. The minimum absolute atomic E-state index is 0.0113. The Morgan fingerprint density at radius 3 is 2.65 bits per heavy atom. The van der Waals surface area contributed by atoms with E-state index in [0.29, 0.717) is 22.2 Å². The smallest absolute Gasteiger partial charge is 0.189 e. The van der Waals surface area contributed by atoms with Crippen molar-refractivity contribution in [3.05, 3.63) is 74.8 Å². The quantitative estimate of drug-likeness (QED) is 0.676. The van der Waals surface area contributed by atoms with Gasteiger partial charge in [-0.3, -0.25) is 4.79 Å². The standard InChI is InChI=1S/C15H10Cl2N2O/c16-14-6-5-10(15(17)18-14)9-19-8-7-13(20)11-3-1-2-4-12(11)19/h1-8H,9H2. The van der Waals surface area contributed by atoms with Crippen molar-refractivity contribution in [3.63, 3.8) is 0 Å². The third-order valence-corrected chi connectivity index (χ3v) is 3.66. The lowest BCUT2D eigenvalue weighted by Gasteiger charge is -2.11. The van der Waals surface area contributed by atoms with Crippen molar-refractivity contribution in [1.29, 1.82) is 0 Å². The van der Waals surface area contributed by atoms with Gasteiger partial charge in [-0.25, -0.2) is 4.98 Å². The fourth-order valence-corrected chi connectivity index (χ4v) is 2.55. The normalized spacial score (nSPS) is 10.9. The van der Waals surface area contributed by atoms with E-state index < -0.39 is 0 Å². The van der Waals surface area contributed by atoms with Crippen LogP contribution in [0.15, 0.2) is 53.5 Å². The number of rotatable bonds is 2. The average Bonchev–Trinajstić information content (AvgIpc) is 2.45. The van der Waals surface area contributed by atoms with E-state index in [0.717, 1.165) is 11.1 Å². The molecule has 0 saturated heterocycles. The Morgan fingerprint density at radius 2 is 1.85 bits per heavy atom. The number of nitrogens with zero attached hydrogens (tertiary/aromatic N) is 2. The molecule has 0 radical (unpaired) electrons. The first-order valence-corrected chi connectivity index (χ1v) is 6.80. The van der Waals surface area contributed by atoms with E-state index in [1.807, 2.05) is 34.9 Å². The molecule has 0 spiro atoms. The van der Waals surface area contributed by atoms with Crippen molar-refractivity contribution in [3.8, 4) is 0 Å². The van der Waals surface area contributed by atoms with Gasteiger partial charge < -0.3 is 4.57 Å². The summed E-state index contributed by atoms with van der Waals surface area (Å²) in [4.78, 5) is 15.8. The molecule has 3 rings (SSSR count). The average molecular weight is 305 g/mol. The molecule has 0 bridgehead atoms. The van der Waals surface area contributed by atoms with Gasteiger partial charge in [0.2, 0.25) is 0 Å². The first-order chi connectivity index (χ1) is 9.65. The Morgan fingerprint density at radius 1 is 1.05 bits per heavy atom. The number of benzene rings is 1. The molecule has 1 aromatic carbocycles. The molecule has 0 aliphatic rings. The van der Waals surface area contributed by atoms with Gasteiger partial charge in [0.05, 0.1) is 12.1 Å². The maximum Gasteiger partial charge on any atom is 0.189 e. The summed E-state index contributed by atoms with van der Waals surface area (Å²) in [6.45, 7) is 0.532. The summed E-state index contributed by atoms with van der Waals surface area (Å²) in [7, 11) is 0. The van der Waals surface area contributed by atoms with E-state index in [1.54, 1.807) is 18.3 Å². The molecule has 100 valence electrons. The molecule has 0 atom stereocenters. The molecule has 20 heavy (non-hydrogen) atoms. The van der Waals surface area contributed by atoms with Gasteiger partial charge in [0.25, 0.3) is 0 Å². The predicted molar refractivity (Wildman–Crippen MR) is 81.6 cm³/mol. The first-order valence-electron chi connectivity index (χ1n) is 6.04. The molecule has 0 N–H and O–H groups in total. The van der Waals surface area contributed by atoms with E-state index >= 15 is 0 Å². The van der Waals surface area contributed by atoms with Crippen molar-refractivity contribution in [2.75, 3.05) is 0 Å². The molecule has 0 aliphatic heterocycles. The van der Waals surface area contributed by atoms with Crippen LogP contribution in [0.25, 0.3) is 10.9 Å². The van der Waals surface area contributed by atoms with Crippen molar-refractivity contribution < 1.29 is 0 Å². The zero-order valence-electron chi connectivity index (χ0n) is 10.4. The van der Waals surface area contributed by atoms with E-state index in [-0.39, 0.29) is 5.43 Å². The molecule has 0 amide bonds. The van der Waals surface area contributed by atoms with Crippen LogP contribution in [0, 0.1) is 0 Å². The highest BCUT2D eigenvalue weighted by Gasteiger charge is 2.06. The van der Waals surface area contributed by atoms with Crippen LogP contribution in [0.4, 0.5) is 0 Å². The van der Waals surface area contributed by atoms with Crippen molar-refractivity contribution in [2.24, 2.45) is 0 Å². The Labute approximate surface area is 125 Å². The largest absolute Gasteiger partial charge is 0.343 e. The van der Waals surface area contributed by atoms with Crippen molar-refractivity contribution in [1.82, 2.24) is 9.55 Å². The lowest BCUT2D eigenvalue weighted by molar-refractivity contribution is 0.821. The Balaban J connectivity index is 2.11. The van der Waals surface area contributed by atoms with Gasteiger partial charge in [-0.1, -0.05) is 41.4 Å². The maximum absolute atomic E-state index is 11.8. The maximum atomic E-state index is 11.8. The van der Waals surface area contributed by atoms with Crippen LogP contribution in [0.3, 0.4) is 0 Å². The SMILES string of the molecule is O=c1ccn(Cc2ccc(Cl)nc2Cl)c2ccccc12. The molecular weight excluding hydrogens is 295 g/mol. The second-order valence-electron chi connectivity index (χ2n) is 4.41. The minimum Gasteiger partial charge on any atom is -0.343 e. The topological polar surface area (TPSA) is 34.9 Å². The van der Waals surface area contributed by atoms with Crippen LogP contribution in [0.5, 0.6) is 0 Å². The summed E-state index contributed by atoms with van der Waals surface area (Å²) in [5.41, 5.74) is 1.73. The van der Waals surface area contributed by atoms with Gasteiger partial charge >= 0.3 is 0 Å². The lowest BCUT2D eigenvalue weighted by Crippen LogP contribution is -2.09. The predicted octanol–water partition coefficient (Wildman–Crippen LogP) is 3.75. The highest BCUT2D eigenvalue weighted by Crippen LogP contribution is 2.19. The van der Waals surface area contributed by atoms with E-state index in [2.05, 4.69) is 4.98 Å². The molecule has 2 aromatic heterocycles. The number of halogens is 2. The van der Waals surface area contributed by atoms with E-state index in [4.69, 9.17) is 23.2 Å². The van der Waals surface area contributed by atoms with Crippen LogP contribution >= 0.6 is 23.2 Å². The molecule has 3 nitrogen and oxygen atoms in total. The van der Waals surface area contributed by atoms with Gasteiger partial charge in [0, 0.05) is 23.2 Å². The van der Waals surface area contributed by atoms with Crippen LogP contribution in [0.1, 0.15) is 5.56 Å². The minimum atomic E-state index is 0.0113. The van der Waals surface area contributed by atoms with E-state index in [9.17, 15) is 4.79 Å². The Kier molecular flexibility index (Phi) is 3.47. The second kappa shape index (κ2) is 5.27. The molecular formula is C15H10Cl2N2O. The van der Waals surface area contributed by atoms with Crippen molar-refractivity contribution in [2.45, 2.75) is 6.54 Å². The zero-order chi connectivity index (χ0) is 14.1. The number of aromatic nitrogens is 2. The Hall–Kier alpha value is -1.84. The molecule has 3 aromatic rings. The van der Waals surface area contributed by atoms with Gasteiger partial charge in [0.1, 0.15) is 10.3 Å². The van der Waals surface area contributed by atoms with Gasteiger partial charge in [-0.15, -0.1) is 0 Å². The number of hydrogen-bond acceptors (Lipinski definition) is 2. The molecule has 0 saturated carbocycles. The summed E-state index contributed by atoms with van der Waals surface area (Å²) in [5, 5.41) is 1.43. The van der Waals surface area contributed by atoms with Crippen LogP contribution in [-0.2, 0) is 6.54 Å². The molecule has 0 unspecified atom stereocenters. The number of pyridine rings is 2. The lowest BCUT2D eigenvalue weighted by atomic mass is 10.2. The Bertz CT molecular complexity index is 843. The first kappa shape index (κ1) is 13.2. The highest BCUT2D eigenvalue weighted by atomic mass is 35.5. The number of hydrogen-bond donors (Lipinski definition) is 0. The monoisotopic (exact) mass is 304 g/mol. The van der Waals surface area contributed by atoms with Gasteiger partial charge in [0.15, 0.2) is 5.43 Å². The summed E-state index contributed by atoms with van der Waals surface area (Å²) in [6, 6.07) is 12.6. The van der Waals surface area contributed by atoms with Crippen LogP contribution in [-0.4, -0.2) is 9.55 Å². The molecule has 2 heterocycles. The summed E-state index contributed by atoms with van der Waals surface area (Å²) in [6.07, 6.45) is 1.76. The zero-order valence-corrected chi connectivity index (χ0v) is 11.9. The highest BCUT2D eigenvalue weighted by molar-refractivity contribution is 6.32. The second-order valence-corrected chi connectivity index (χ2v) is 5.15.